The van der Waals surface area contributed by atoms with E-state index in [0.29, 0.717) is 24.5 Å². The van der Waals surface area contributed by atoms with Crippen LogP contribution < -0.4 is 14.8 Å². The standard InChI is InChI=1S/C17H21NO3S2/c1-20-15-4-3-13(9-16(15)21-2)10-17(19)18-6-8-23-12-14-5-7-22-11-14/h3-5,7,9,11H,6,8,10,12H2,1-2H3,(H,18,19). The molecule has 1 heterocycles. The summed E-state index contributed by atoms with van der Waals surface area (Å²) in [5, 5.41) is 7.19. The number of methoxy groups -OCH3 is 2. The molecule has 0 aliphatic heterocycles. The predicted molar refractivity (Wildman–Crippen MR) is 96.7 cm³/mol. The van der Waals surface area contributed by atoms with Gasteiger partial charge in [0, 0.05) is 18.1 Å². The van der Waals surface area contributed by atoms with Crippen molar-refractivity contribution in [3.05, 3.63) is 46.2 Å². The van der Waals surface area contributed by atoms with Gasteiger partial charge in [-0.15, -0.1) is 0 Å². The summed E-state index contributed by atoms with van der Waals surface area (Å²) < 4.78 is 10.4. The molecular weight excluding hydrogens is 330 g/mol. The minimum Gasteiger partial charge on any atom is -0.493 e. The maximum atomic E-state index is 12.0. The first kappa shape index (κ1) is 17.7. The van der Waals surface area contributed by atoms with E-state index < -0.39 is 0 Å². The van der Waals surface area contributed by atoms with Crippen molar-refractivity contribution in [3.63, 3.8) is 0 Å². The fourth-order valence-corrected chi connectivity index (χ4v) is 3.65. The van der Waals surface area contributed by atoms with E-state index in [0.717, 1.165) is 17.1 Å². The van der Waals surface area contributed by atoms with Gasteiger partial charge in [0.1, 0.15) is 0 Å². The number of hydrogen-bond acceptors (Lipinski definition) is 5. The van der Waals surface area contributed by atoms with Gasteiger partial charge in [-0.05, 0) is 40.1 Å². The molecule has 1 N–H and O–H groups in total. The number of thioether (sulfide) groups is 1. The molecule has 0 saturated carbocycles. The first-order chi connectivity index (χ1) is 11.2. The molecule has 0 aliphatic carbocycles. The van der Waals surface area contributed by atoms with Crippen LogP contribution in [0, 0.1) is 0 Å². The summed E-state index contributed by atoms with van der Waals surface area (Å²) >= 11 is 3.54. The van der Waals surface area contributed by atoms with Gasteiger partial charge in [0.2, 0.25) is 5.91 Å². The lowest BCUT2D eigenvalue weighted by molar-refractivity contribution is -0.120. The van der Waals surface area contributed by atoms with Gasteiger partial charge in [0.25, 0.3) is 0 Å². The number of carbonyl (C=O) groups excluding carboxylic acids is 1. The molecule has 6 heteroatoms. The number of carbonyl (C=O) groups is 1. The fourth-order valence-electron chi connectivity index (χ4n) is 2.07. The smallest absolute Gasteiger partial charge is 0.224 e. The monoisotopic (exact) mass is 351 g/mol. The summed E-state index contributed by atoms with van der Waals surface area (Å²) in [5.41, 5.74) is 2.25. The molecule has 0 spiro atoms. The lowest BCUT2D eigenvalue weighted by atomic mass is 10.1. The number of benzene rings is 1. The zero-order chi connectivity index (χ0) is 16.5. The number of amides is 1. The summed E-state index contributed by atoms with van der Waals surface area (Å²) in [5.74, 6) is 3.24. The fraction of sp³-hybridized carbons (Fsp3) is 0.353. The first-order valence-electron chi connectivity index (χ1n) is 7.29. The molecule has 23 heavy (non-hydrogen) atoms. The zero-order valence-corrected chi connectivity index (χ0v) is 15.0. The summed E-state index contributed by atoms with van der Waals surface area (Å²) in [7, 11) is 3.18. The van der Waals surface area contributed by atoms with Gasteiger partial charge in [-0.25, -0.2) is 0 Å². The van der Waals surface area contributed by atoms with Gasteiger partial charge in [-0.2, -0.15) is 23.1 Å². The molecule has 1 aromatic heterocycles. The highest BCUT2D eigenvalue weighted by Crippen LogP contribution is 2.27. The maximum absolute atomic E-state index is 12.0. The van der Waals surface area contributed by atoms with Gasteiger partial charge >= 0.3 is 0 Å². The molecule has 0 radical (unpaired) electrons. The van der Waals surface area contributed by atoms with Crippen LogP contribution in [0.5, 0.6) is 11.5 Å². The molecule has 2 rings (SSSR count). The Balaban J connectivity index is 1.70. The summed E-state index contributed by atoms with van der Waals surface area (Å²) in [6.45, 7) is 0.681. The molecule has 1 amide bonds. The minimum absolute atomic E-state index is 0.0216. The third-order valence-electron chi connectivity index (χ3n) is 3.23. The van der Waals surface area contributed by atoms with E-state index in [9.17, 15) is 4.79 Å². The van der Waals surface area contributed by atoms with E-state index in [1.54, 1.807) is 25.6 Å². The number of hydrogen-bond donors (Lipinski definition) is 1. The molecule has 0 bridgehead atoms. The predicted octanol–water partition coefficient (Wildman–Crippen LogP) is 3.36. The molecule has 0 aliphatic rings. The van der Waals surface area contributed by atoms with Crippen LogP contribution in [-0.2, 0) is 17.0 Å². The van der Waals surface area contributed by atoms with Crippen LogP contribution >= 0.6 is 23.1 Å². The average Bonchev–Trinajstić information content (AvgIpc) is 3.07. The van der Waals surface area contributed by atoms with E-state index >= 15 is 0 Å². The Bertz CT molecular complexity index is 614. The van der Waals surface area contributed by atoms with Crippen LogP contribution in [0.3, 0.4) is 0 Å². The second kappa shape index (κ2) is 9.47. The zero-order valence-electron chi connectivity index (χ0n) is 13.3. The highest BCUT2D eigenvalue weighted by molar-refractivity contribution is 7.98. The second-order valence-corrected chi connectivity index (χ2v) is 6.79. The Morgan fingerprint density at radius 3 is 2.70 bits per heavy atom. The lowest BCUT2D eigenvalue weighted by Gasteiger charge is -2.10. The van der Waals surface area contributed by atoms with Crippen molar-refractivity contribution in [2.45, 2.75) is 12.2 Å². The van der Waals surface area contributed by atoms with Gasteiger partial charge in [0.05, 0.1) is 20.6 Å². The van der Waals surface area contributed by atoms with E-state index in [1.807, 2.05) is 30.0 Å². The van der Waals surface area contributed by atoms with E-state index in [1.165, 1.54) is 5.56 Å². The molecule has 124 valence electrons. The third-order valence-corrected chi connectivity index (χ3v) is 4.99. The van der Waals surface area contributed by atoms with Crippen molar-refractivity contribution >= 4 is 29.0 Å². The largest absolute Gasteiger partial charge is 0.493 e. The molecule has 0 fully saturated rings. The maximum Gasteiger partial charge on any atom is 0.224 e. The summed E-state index contributed by atoms with van der Waals surface area (Å²) in [6.07, 6.45) is 0.343. The Labute approximate surface area is 145 Å². The molecule has 0 saturated heterocycles. The third kappa shape index (κ3) is 5.80. The normalized spacial score (nSPS) is 10.3. The number of thiophene rings is 1. The van der Waals surface area contributed by atoms with Crippen LogP contribution in [-0.4, -0.2) is 32.4 Å². The van der Waals surface area contributed by atoms with E-state index in [2.05, 4.69) is 22.1 Å². The molecule has 2 aromatic rings. The second-order valence-electron chi connectivity index (χ2n) is 4.90. The van der Waals surface area contributed by atoms with Crippen LogP contribution in [0.1, 0.15) is 11.1 Å². The van der Waals surface area contributed by atoms with Crippen molar-refractivity contribution in [1.82, 2.24) is 5.32 Å². The van der Waals surface area contributed by atoms with Crippen molar-refractivity contribution < 1.29 is 14.3 Å². The molecule has 1 aromatic carbocycles. The highest BCUT2D eigenvalue weighted by atomic mass is 32.2. The Hall–Kier alpha value is -1.66. The highest BCUT2D eigenvalue weighted by Gasteiger charge is 2.08. The Kier molecular flexibility index (Phi) is 7.29. The SMILES string of the molecule is COc1ccc(CC(=O)NCCSCc2ccsc2)cc1OC. The van der Waals surface area contributed by atoms with Crippen LogP contribution in [0.25, 0.3) is 0 Å². The average molecular weight is 351 g/mol. The molecular formula is C17H21NO3S2. The van der Waals surface area contributed by atoms with Gasteiger partial charge in [0.15, 0.2) is 11.5 Å². The minimum atomic E-state index is 0.0216. The number of nitrogens with one attached hydrogen (secondary N) is 1. The van der Waals surface area contributed by atoms with Crippen LogP contribution in [0.2, 0.25) is 0 Å². The quantitative estimate of drug-likeness (QED) is 0.704. The lowest BCUT2D eigenvalue weighted by Crippen LogP contribution is -2.27. The summed E-state index contributed by atoms with van der Waals surface area (Å²) in [4.78, 5) is 12.0. The van der Waals surface area contributed by atoms with Crippen LogP contribution in [0.4, 0.5) is 0 Å². The van der Waals surface area contributed by atoms with Crippen molar-refractivity contribution in [1.29, 1.82) is 0 Å². The number of rotatable bonds is 9. The van der Waals surface area contributed by atoms with Gasteiger partial charge in [-0.3, -0.25) is 4.79 Å². The van der Waals surface area contributed by atoms with E-state index in [-0.39, 0.29) is 5.91 Å². The van der Waals surface area contributed by atoms with Crippen molar-refractivity contribution in [2.24, 2.45) is 0 Å². The Morgan fingerprint density at radius 1 is 1.17 bits per heavy atom. The van der Waals surface area contributed by atoms with E-state index in [4.69, 9.17) is 9.47 Å². The van der Waals surface area contributed by atoms with Gasteiger partial charge < -0.3 is 14.8 Å². The first-order valence-corrected chi connectivity index (χ1v) is 9.39. The van der Waals surface area contributed by atoms with Gasteiger partial charge in [-0.1, -0.05) is 6.07 Å². The number of ether oxygens (including phenoxy) is 2. The summed E-state index contributed by atoms with van der Waals surface area (Å²) in [6, 6.07) is 7.67. The molecule has 0 unspecified atom stereocenters. The van der Waals surface area contributed by atoms with Crippen molar-refractivity contribution in [2.75, 3.05) is 26.5 Å². The molecule has 0 atom stereocenters. The topological polar surface area (TPSA) is 47.6 Å². The Morgan fingerprint density at radius 2 is 2.00 bits per heavy atom. The molecule has 4 nitrogen and oxygen atoms in total. The van der Waals surface area contributed by atoms with Crippen LogP contribution in [0.15, 0.2) is 35.0 Å². The van der Waals surface area contributed by atoms with Crippen molar-refractivity contribution in [3.8, 4) is 11.5 Å².